The molecule has 3 aromatic carbocycles. The summed E-state index contributed by atoms with van der Waals surface area (Å²) in [6.07, 6.45) is 4.79. The van der Waals surface area contributed by atoms with Crippen molar-refractivity contribution in [1.29, 1.82) is 0 Å². The zero-order chi connectivity index (χ0) is 27.7. The molecular formula is C34H36Br2O2. The molecule has 3 atom stereocenters. The molecule has 0 spiro atoms. The van der Waals surface area contributed by atoms with E-state index in [9.17, 15) is 10.2 Å². The summed E-state index contributed by atoms with van der Waals surface area (Å²) in [6, 6.07) is 22.3. The molecule has 4 heteroatoms. The van der Waals surface area contributed by atoms with E-state index in [2.05, 4.69) is 110 Å². The molecule has 2 N–H and O–H groups in total. The predicted molar refractivity (Wildman–Crippen MR) is 165 cm³/mol. The van der Waals surface area contributed by atoms with E-state index in [1.807, 2.05) is 42.5 Å². The molecule has 38 heavy (non-hydrogen) atoms. The molecule has 2 aliphatic rings. The van der Waals surface area contributed by atoms with Crippen LogP contribution in [-0.2, 0) is 22.0 Å². The molecule has 0 aromatic heterocycles. The highest BCUT2D eigenvalue weighted by Gasteiger charge is 2.59. The lowest BCUT2D eigenvalue weighted by Crippen LogP contribution is -2.54. The minimum atomic E-state index is -1.72. The van der Waals surface area contributed by atoms with Crippen LogP contribution in [0.4, 0.5) is 0 Å². The topological polar surface area (TPSA) is 40.5 Å². The lowest BCUT2D eigenvalue weighted by atomic mass is 9.58. The average Bonchev–Trinajstić information content (AvgIpc) is 2.86. The van der Waals surface area contributed by atoms with E-state index in [1.54, 1.807) is 0 Å². The Morgan fingerprint density at radius 1 is 0.737 bits per heavy atom. The van der Waals surface area contributed by atoms with Gasteiger partial charge in [0.15, 0.2) is 5.60 Å². The van der Waals surface area contributed by atoms with Gasteiger partial charge in [0.25, 0.3) is 0 Å². The highest BCUT2D eigenvalue weighted by molar-refractivity contribution is 9.10. The van der Waals surface area contributed by atoms with Gasteiger partial charge in [0.2, 0.25) is 0 Å². The molecule has 2 nitrogen and oxygen atoms in total. The molecule has 0 saturated heterocycles. The van der Waals surface area contributed by atoms with E-state index >= 15 is 0 Å². The summed E-state index contributed by atoms with van der Waals surface area (Å²) >= 11 is 7.41. The van der Waals surface area contributed by atoms with Crippen LogP contribution in [-0.4, -0.2) is 15.0 Å². The third-order valence-electron chi connectivity index (χ3n) is 8.16. The molecule has 0 amide bonds. The maximum Gasteiger partial charge on any atom is 0.152 e. The Bertz CT molecular complexity index is 1440. The van der Waals surface area contributed by atoms with Crippen LogP contribution in [0.15, 0.2) is 88.9 Å². The van der Waals surface area contributed by atoms with Crippen molar-refractivity contribution in [2.75, 3.05) is 0 Å². The molecule has 0 bridgehead atoms. The highest BCUT2D eigenvalue weighted by Crippen LogP contribution is 2.59. The molecule has 0 radical (unpaired) electrons. The summed E-state index contributed by atoms with van der Waals surface area (Å²) < 4.78 is 0.855. The van der Waals surface area contributed by atoms with Gasteiger partial charge in [-0.25, -0.2) is 0 Å². The number of halogens is 2. The van der Waals surface area contributed by atoms with Gasteiger partial charge in [-0.05, 0) is 68.3 Å². The number of hydrogen-bond acceptors (Lipinski definition) is 2. The van der Waals surface area contributed by atoms with Crippen molar-refractivity contribution >= 4 is 37.4 Å². The van der Waals surface area contributed by atoms with Crippen molar-refractivity contribution in [3.05, 3.63) is 122 Å². The smallest absolute Gasteiger partial charge is 0.152 e. The van der Waals surface area contributed by atoms with E-state index in [1.165, 1.54) is 11.1 Å². The summed E-state index contributed by atoms with van der Waals surface area (Å²) in [5.74, 6) is 0. The summed E-state index contributed by atoms with van der Waals surface area (Å²) in [5.41, 5.74) is 3.67. The first kappa shape index (κ1) is 27.6. The standard InChI is InChI=1S/C34H36Br2O2/c1-31(2,3)21-7-11-23(12-8-21)33(37)29-19-25(35)15-17-27(29)28-18-16-26(36)20-30(28)34(33,38)24-13-9-22(10-14-24)32(4,5)6/h7-19,26,37-38H,20H2,1-6H3. The van der Waals surface area contributed by atoms with Crippen LogP contribution >= 0.6 is 31.9 Å². The third kappa shape index (κ3) is 4.29. The van der Waals surface area contributed by atoms with Gasteiger partial charge in [-0.2, -0.15) is 0 Å². The number of hydrogen-bond donors (Lipinski definition) is 2. The van der Waals surface area contributed by atoms with Gasteiger partial charge in [-0.1, -0.05) is 140 Å². The maximum atomic E-state index is 13.1. The van der Waals surface area contributed by atoms with Crippen molar-refractivity contribution in [2.24, 2.45) is 0 Å². The predicted octanol–water partition coefficient (Wildman–Crippen LogP) is 8.66. The molecule has 2 aliphatic carbocycles. The first-order valence-electron chi connectivity index (χ1n) is 13.2. The molecule has 3 aromatic rings. The van der Waals surface area contributed by atoms with E-state index in [0.717, 1.165) is 21.2 Å². The Hall–Kier alpha value is -1.98. The second-order valence-corrected chi connectivity index (χ2v) is 14.8. The zero-order valence-electron chi connectivity index (χ0n) is 22.9. The van der Waals surface area contributed by atoms with Gasteiger partial charge in [-0.3, -0.25) is 0 Å². The van der Waals surface area contributed by atoms with Crippen LogP contribution in [0.25, 0.3) is 5.57 Å². The van der Waals surface area contributed by atoms with Crippen LogP contribution in [0.1, 0.15) is 81.3 Å². The summed E-state index contributed by atoms with van der Waals surface area (Å²) in [6.45, 7) is 13.1. The van der Waals surface area contributed by atoms with Crippen LogP contribution < -0.4 is 0 Å². The molecule has 0 heterocycles. The third-order valence-corrected chi connectivity index (χ3v) is 9.28. The van der Waals surface area contributed by atoms with Crippen molar-refractivity contribution in [1.82, 2.24) is 0 Å². The quantitative estimate of drug-likeness (QED) is 0.277. The summed E-state index contributed by atoms with van der Waals surface area (Å²) in [5, 5.41) is 26.2. The first-order chi connectivity index (χ1) is 17.7. The van der Waals surface area contributed by atoms with Crippen molar-refractivity contribution in [3.8, 4) is 0 Å². The highest BCUT2D eigenvalue weighted by atomic mass is 79.9. The number of alkyl halides is 1. The minimum absolute atomic E-state index is 0.0246. The first-order valence-corrected chi connectivity index (χ1v) is 14.9. The van der Waals surface area contributed by atoms with Crippen LogP contribution in [0.3, 0.4) is 0 Å². The van der Waals surface area contributed by atoms with Gasteiger partial charge in [-0.15, -0.1) is 0 Å². The van der Waals surface area contributed by atoms with E-state index in [-0.39, 0.29) is 15.7 Å². The molecule has 5 rings (SSSR count). The summed E-state index contributed by atoms with van der Waals surface area (Å²) in [4.78, 5) is 0.0612. The van der Waals surface area contributed by atoms with Crippen molar-refractivity contribution in [2.45, 2.75) is 74.8 Å². The van der Waals surface area contributed by atoms with Gasteiger partial charge < -0.3 is 10.2 Å². The van der Waals surface area contributed by atoms with Crippen molar-refractivity contribution < 1.29 is 10.2 Å². The van der Waals surface area contributed by atoms with Gasteiger partial charge in [0.05, 0.1) is 0 Å². The van der Waals surface area contributed by atoms with Gasteiger partial charge in [0.1, 0.15) is 5.60 Å². The normalized spacial score (nSPS) is 25.3. The number of aliphatic hydroxyl groups is 2. The van der Waals surface area contributed by atoms with Gasteiger partial charge in [0, 0.05) is 14.9 Å². The average molecular weight is 636 g/mol. The molecule has 0 aliphatic heterocycles. The Balaban J connectivity index is 1.85. The number of allylic oxidation sites excluding steroid dienone is 3. The molecule has 0 saturated carbocycles. The molecule has 198 valence electrons. The number of benzene rings is 3. The van der Waals surface area contributed by atoms with E-state index in [4.69, 9.17) is 0 Å². The maximum absolute atomic E-state index is 13.1. The Labute approximate surface area is 243 Å². The monoisotopic (exact) mass is 634 g/mol. The SMILES string of the molecule is CC(C)(C)c1ccc(C2(O)C3=C(C=CC(Br)C3)c3ccc(Br)cc3C2(O)c2ccc(C(C)(C)C)cc2)cc1. The zero-order valence-corrected chi connectivity index (χ0v) is 26.1. The molecule has 0 fully saturated rings. The fraction of sp³-hybridized carbons (Fsp3) is 0.353. The summed E-state index contributed by atoms with van der Waals surface area (Å²) in [7, 11) is 0. The van der Waals surface area contributed by atoms with Crippen molar-refractivity contribution in [3.63, 3.8) is 0 Å². The molecular weight excluding hydrogens is 600 g/mol. The van der Waals surface area contributed by atoms with E-state index in [0.29, 0.717) is 23.1 Å². The van der Waals surface area contributed by atoms with Crippen LogP contribution in [0, 0.1) is 0 Å². The minimum Gasteiger partial charge on any atom is -0.377 e. The fourth-order valence-corrected chi connectivity index (χ4v) is 6.74. The second-order valence-electron chi connectivity index (χ2n) is 12.7. The number of rotatable bonds is 2. The fourth-order valence-electron chi connectivity index (χ4n) is 5.90. The van der Waals surface area contributed by atoms with Gasteiger partial charge >= 0.3 is 0 Å². The lowest BCUT2D eigenvalue weighted by Gasteiger charge is -2.51. The largest absolute Gasteiger partial charge is 0.377 e. The Morgan fingerprint density at radius 2 is 1.24 bits per heavy atom. The van der Waals surface area contributed by atoms with Crippen LogP contribution in [0.2, 0.25) is 0 Å². The Morgan fingerprint density at radius 3 is 1.74 bits per heavy atom. The Kier molecular flexibility index (Phi) is 6.75. The lowest BCUT2D eigenvalue weighted by molar-refractivity contribution is -0.118. The second kappa shape index (κ2) is 9.30. The van der Waals surface area contributed by atoms with E-state index < -0.39 is 11.2 Å². The van der Waals surface area contributed by atoms with Crippen LogP contribution in [0.5, 0.6) is 0 Å². The molecule has 3 unspecified atom stereocenters. The number of fused-ring (bicyclic) bond motifs is 2.